The molecule has 0 radical (unpaired) electrons. The number of para-hydroxylation sites is 4. The number of hydrogen-bond acceptors (Lipinski definition) is 3. The van der Waals surface area contributed by atoms with Crippen LogP contribution in [0, 0.1) is 0 Å². The van der Waals surface area contributed by atoms with Gasteiger partial charge in [-0.15, -0.1) is 0 Å². The van der Waals surface area contributed by atoms with Gasteiger partial charge in [-0.2, -0.15) is 9.97 Å². The summed E-state index contributed by atoms with van der Waals surface area (Å²) in [6.45, 7) is 0. The monoisotopic (exact) mass is 461 g/mol. The largest absolute Gasteiger partial charge is 0.293 e. The zero-order chi connectivity index (χ0) is 23.6. The molecule has 0 spiro atoms. The van der Waals surface area contributed by atoms with E-state index in [0.29, 0.717) is 11.6 Å². The maximum atomic E-state index is 5.26. The molecule has 0 atom stereocenters. The minimum atomic E-state index is 0.607. The highest BCUT2D eigenvalue weighted by molar-refractivity contribution is 6.11. The molecule has 8 aromatic rings. The van der Waals surface area contributed by atoms with E-state index < -0.39 is 0 Å². The molecule has 0 saturated carbocycles. The van der Waals surface area contributed by atoms with Gasteiger partial charge in [0.05, 0.1) is 27.5 Å². The van der Waals surface area contributed by atoms with Crippen molar-refractivity contribution in [2.45, 2.75) is 0 Å². The first kappa shape index (κ1) is 19.3. The van der Waals surface area contributed by atoms with Crippen molar-refractivity contribution in [1.82, 2.24) is 24.1 Å². The SMILES string of the molecule is c1cnc2nc(-n3c4ccccc4c4ccccc43)nc(-n3c4ccccc4c4ccccc43)c2c1. The van der Waals surface area contributed by atoms with Crippen molar-refractivity contribution in [2.75, 3.05) is 0 Å². The highest BCUT2D eigenvalue weighted by atomic mass is 15.2. The standard InChI is InChI=1S/C31H19N5/c1-5-15-25-20(10-1)21-11-2-6-16-26(21)35(25)30-24-14-9-19-32-29(24)33-31(34-30)36-27-17-7-3-12-22(27)23-13-4-8-18-28(23)36/h1-19H. The molecule has 0 aliphatic heterocycles. The third-order valence-corrected chi connectivity index (χ3v) is 7.01. The first-order valence-electron chi connectivity index (χ1n) is 12.0. The molecular formula is C31H19N5. The van der Waals surface area contributed by atoms with E-state index in [2.05, 4.69) is 117 Å². The molecule has 4 aromatic carbocycles. The Balaban J connectivity index is 1.55. The van der Waals surface area contributed by atoms with Gasteiger partial charge in [0.15, 0.2) is 11.5 Å². The van der Waals surface area contributed by atoms with Gasteiger partial charge < -0.3 is 0 Å². The minimum Gasteiger partial charge on any atom is -0.293 e. The van der Waals surface area contributed by atoms with Crippen molar-refractivity contribution >= 4 is 54.6 Å². The average Bonchev–Trinajstić information content (AvgIpc) is 3.46. The summed E-state index contributed by atoms with van der Waals surface area (Å²) in [6, 6.07) is 37.8. The summed E-state index contributed by atoms with van der Waals surface area (Å²) in [5.74, 6) is 1.43. The number of fused-ring (bicyclic) bond motifs is 7. The van der Waals surface area contributed by atoms with E-state index in [0.717, 1.165) is 33.3 Å². The Labute approximate surface area is 205 Å². The number of hydrogen-bond donors (Lipinski definition) is 0. The van der Waals surface area contributed by atoms with Crippen molar-refractivity contribution < 1.29 is 0 Å². The van der Waals surface area contributed by atoms with Crippen LogP contribution in [-0.2, 0) is 0 Å². The molecule has 4 heterocycles. The van der Waals surface area contributed by atoms with Crippen molar-refractivity contribution in [1.29, 1.82) is 0 Å². The minimum absolute atomic E-state index is 0.607. The van der Waals surface area contributed by atoms with Crippen LogP contribution >= 0.6 is 0 Å². The van der Waals surface area contributed by atoms with Gasteiger partial charge in [-0.25, -0.2) is 4.98 Å². The van der Waals surface area contributed by atoms with Crippen LogP contribution in [-0.4, -0.2) is 24.1 Å². The maximum absolute atomic E-state index is 5.26. The van der Waals surface area contributed by atoms with Crippen LogP contribution in [0.2, 0.25) is 0 Å². The second-order valence-electron chi connectivity index (χ2n) is 8.96. The van der Waals surface area contributed by atoms with Gasteiger partial charge in [-0.05, 0) is 36.4 Å². The Hall–Kier alpha value is -5.03. The Morgan fingerprint density at radius 3 is 1.39 bits per heavy atom. The van der Waals surface area contributed by atoms with Crippen molar-refractivity contribution in [3.05, 3.63) is 115 Å². The first-order valence-corrected chi connectivity index (χ1v) is 12.0. The molecule has 0 unspecified atom stereocenters. The van der Waals surface area contributed by atoms with Crippen LogP contribution < -0.4 is 0 Å². The smallest absolute Gasteiger partial charge is 0.238 e. The molecule has 0 fully saturated rings. The summed E-state index contributed by atoms with van der Waals surface area (Å²) >= 11 is 0. The molecule has 0 amide bonds. The summed E-state index contributed by atoms with van der Waals surface area (Å²) in [5.41, 5.74) is 5.02. The van der Waals surface area contributed by atoms with Crippen LogP contribution in [0.15, 0.2) is 115 Å². The summed E-state index contributed by atoms with van der Waals surface area (Å²) < 4.78 is 4.39. The van der Waals surface area contributed by atoms with Gasteiger partial charge in [-0.1, -0.05) is 72.8 Å². The summed E-state index contributed by atoms with van der Waals surface area (Å²) in [6.07, 6.45) is 1.79. The van der Waals surface area contributed by atoms with Gasteiger partial charge in [0.1, 0.15) is 0 Å². The van der Waals surface area contributed by atoms with E-state index in [1.165, 1.54) is 21.5 Å². The van der Waals surface area contributed by atoms with Crippen molar-refractivity contribution in [3.63, 3.8) is 0 Å². The lowest BCUT2D eigenvalue weighted by Crippen LogP contribution is -2.07. The summed E-state index contributed by atoms with van der Waals surface area (Å²) in [7, 11) is 0. The lowest BCUT2D eigenvalue weighted by atomic mass is 10.2. The second-order valence-corrected chi connectivity index (χ2v) is 8.96. The molecular weight excluding hydrogens is 442 g/mol. The highest BCUT2D eigenvalue weighted by Crippen LogP contribution is 2.35. The predicted octanol–water partition coefficient (Wildman–Crippen LogP) is 7.22. The van der Waals surface area contributed by atoms with Crippen LogP contribution in [0.4, 0.5) is 0 Å². The van der Waals surface area contributed by atoms with Crippen molar-refractivity contribution in [2.24, 2.45) is 0 Å². The van der Waals surface area contributed by atoms with Crippen LogP contribution in [0.1, 0.15) is 0 Å². The van der Waals surface area contributed by atoms with Crippen molar-refractivity contribution in [3.8, 4) is 11.8 Å². The number of aromatic nitrogens is 5. The van der Waals surface area contributed by atoms with E-state index in [-0.39, 0.29) is 0 Å². The number of rotatable bonds is 2. The first-order chi connectivity index (χ1) is 17.9. The quantitative estimate of drug-likeness (QED) is 0.273. The van der Waals surface area contributed by atoms with E-state index in [9.17, 15) is 0 Å². The fourth-order valence-electron chi connectivity index (χ4n) is 5.49. The lowest BCUT2D eigenvalue weighted by Gasteiger charge is -2.13. The average molecular weight is 462 g/mol. The molecule has 8 rings (SSSR count). The Bertz CT molecular complexity index is 2010. The fourth-order valence-corrected chi connectivity index (χ4v) is 5.49. The molecule has 0 aliphatic carbocycles. The van der Waals surface area contributed by atoms with Crippen LogP contribution in [0.3, 0.4) is 0 Å². The summed E-state index contributed by atoms with van der Waals surface area (Å²) in [5, 5.41) is 5.66. The molecule has 5 heteroatoms. The van der Waals surface area contributed by atoms with E-state index in [4.69, 9.17) is 9.97 Å². The van der Waals surface area contributed by atoms with Gasteiger partial charge >= 0.3 is 0 Å². The molecule has 168 valence electrons. The van der Waals surface area contributed by atoms with Crippen LogP contribution in [0.25, 0.3) is 66.4 Å². The Morgan fingerprint density at radius 2 is 0.861 bits per heavy atom. The predicted molar refractivity (Wildman–Crippen MR) is 146 cm³/mol. The lowest BCUT2D eigenvalue weighted by molar-refractivity contribution is 0.965. The fraction of sp³-hybridized carbons (Fsp3) is 0. The van der Waals surface area contributed by atoms with E-state index in [1.807, 2.05) is 6.07 Å². The molecule has 0 N–H and O–H groups in total. The van der Waals surface area contributed by atoms with Gasteiger partial charge in [-0.3, -0.25) is 9.13 Å². The van der Waals surface area contributed by atoms with Gasteiger partial charge in [0, 0.05) is 27.7 Å². The maximum Gasteiger partial charge on any atom is 0.238 e. The molecule has 0 aliphatic rings. The Morgan fingerprint density at radius 1 is 0.417 bits per heavy atom. The molecule has 36 heavy (non-hydrogen) atoms. The normalized spacial score (nSPS) is 11.9. The third-order valence-electron chi connectivity index (χ3n) is 7.01. The highest BCUT2D eigenvalue weighted by Gasteiger charge is 2.19. The van der Waals surface area contributed by atoms with E-state index >= 15 is 0 Å². The molecule has 0 saturated heterocycles. The van der Waals surface area contributed by atoms with E-state index in [1.54, 1.807) is 6.20 Å². The molecule has 5 nitrogen and oxygen atoms in total. The topological polar surface area (TPSA) is 48.5 Å². The van der Waals surface area contributed by atoms with Gasteiger partial charge in [0.2, 0.25) is 5.95 Å². The third kappa shape index (κ3) is 2.57. The summed E-state index contributed by atoms with van der Waals surface area (Å²) in [4.78, 5) is 14.9. The number of benzene rings is 4. The zero-order valence-electron chi connectivity index (χ0n) is 19.2. The second kappa shape index (κ2) is 7.23. The zero-order valence-corrected chi connectivity index (χ0v) is 19.2. The molecule has 0 bridgehead atoms. The van der Waals surface area contributed by atoms with Gasteiger partial charge in [0.25, 0.3) is 0 Å². The van der Waals surface area contributed by atoms with Crippen LogP contribution in [0.5, 0.6) is 0 Å². The number of pyridine rings is 1. The Kier molecular flexibility index (Phi) is 3.88. The number of nitrogens with zero attached hydrogens (tertiary/aromatic N) is 5. The molecule has 4 aromatic heterocycles.